The first kappa shape index (κ1) is 11.6. The molecule has 0 spiro atoms. The third-order valence-electron chi connectivity index (χ3n) is 1.86. The Hall–Kier alpha value is -0.440. The van der Waals surface area contributed by atoms with Gasteiger partial charge < -0.3 is 5.73 Å². The first-order valence-electron chi connectivity index (χ1n) is 4.39. The van der Waals surface area contributed by atoms with Gasteiger partial charge in [0.2, 0.25) is 0 Å². The molecule has 0 bridgehead atoms. The van der Waals surface area contributed by atoms with E-state index in [4.69, 9.17) is 17.3 Å². The van der Waals surface area contributed by atoms with Crippen molar-refractivity contribution in [3.05, 3.63) is 41.4 Å². The van der Waals surface area contributed by atoms with Crippen LogP contribution < -0.4 is 5.73 Å². The van der Waals surface area contributed by atoms with Gasteiger partial charge in [-0.05, 0) is 25.1 Å². The summed E-state index contributed by atoms with van der Waals surface area (Å²) in [7, 11) is 0. The summed E-state index contributed by atoms with van der Waals surface area (Å²) in [5.41, 5.74) is 6.86. The van der Waals surface area contributed by atoms with Crippen molar-refractivity contribution in [1.82, 2.24) is 0 Å². The largest absolute Gasteiger partial charge is 0.324 e. The second-order valence-electron chi connectivity index (χ2n) is 3.22. The van der Waals surface area contributed by atoms with Crippen LogP contribution in [0.15, 0.2) is 41.3 Å². The fourth-order valence-electron chi connectivity index (χ4n) is 0.885. The number of hydrogen-bond donors (Lipinski definition) is 1. The van der Waals surface area contributed by atoms with E-state index < -0.39 is 0 Å². The number of hydrogen-bond acceptors (Lipinski definition) is 2. The van der Waals surface area contributed by atoms with Crippen LogP contribution in [0.5, 0.6) is 0 Å². The number of rotatable bonds is 4. The van der Waals surface area contributed by atoms with Crippen molar-refractivity contribution >= 4 is 23.4 Å². The summed E-state index contributed by atoms with van der Waals surface area (Å²) in [4.78, 5) is 1.15. The quantitative estimate of drug-likeness (QED) is 0.631. The molecule has 3 heteroatoms. The van der Waals surface area contributed by atoms with Crippen molar-refractivity contribution in [2.45, 2.75) is 17.9 Å². The standard InChI is InChI=1S/C11H14ClNS/c1-8(2)11(13)7-14-10-5-3-4-9(12)6-10/h3-6,11H,1,7,13H2,2H3. The van der Waals surface area contributed by atoms with Gasteiger partial charge in [0.15, 0.2) is 0 Å². The molecule has 1 rings (SSSR count). The summed E-state index contributed by atoms with van der Waals surface area (Å²) in [5, 5.41) is 0.763. The zero-order valence-electron chi connectivity index (χ0n) is 8.16. The Morgan fingerprint density at radius 3 is 2.93 bits per heavy atom. The Bertz CT molecular complexity index is 325. The van der Waals surface area contributed by atoms with Crippen LogP contribution in [0, 0.1) is 0 Å². The van der Waals surface area contributed by atoms with Gasteiger partial charge in [0.1, 0.15) is 0 Å². The minimum Gasteiger partial charge on any atom is -0.324 e. The molecule has 0 aliphatic carbocycles. The van der Waals surface area contributed by atoms with Crippen LogP contribution in [-0.4, -0.2) is 11.8 Å². The molecule has 14 heavy (non-hydrogen) atoms. The lowest BCUT2D eigenvalue weighted by atomic mass is 10.2. The second kappa shape index (κ2) is 5.44. The molecule has 76 valence electrons. The van der Waals surface area contributed by atoms with Crippen molar-refractivity contribution in [2.75, 3.05) is 5.75 Å². The van der Waals surface area contributed by atoms with Crippen LogP contribution in [0.1, 0.15) is 6.92 Å². The first-order chi connectivity index (χ1) is 6.59. The average molecular weight is 228 g/mol. The van der Waals surface area contributed by atoms with E-state index in [9.17, 15) is 0 Å². The van der Waals surface area contributed by atoms with E-state index in [0.29, 0.717) is 0 Å². The molecule has 0 aromatic heterocycles. The number of nitrogens with two attached hydrogens (primary N) is 1. The van der Waals surface area contributed by atoms with Crippen molar-refractivity contribution in [1.29, 1.82) is 0 Å². The highest BCUT2D eigenvalue weighted by molar-refractivity contribution is 7.99. The third kappa shape index (κ3) is 3.74. The SMILES string of the molecule is C=C(C)C(N)CSc1cccc(Cl)c1. The highest BCUT2D eigenvalue weighted by Gasteiger charge is 2.03. The molecule has 0 saturated heterocycles. The monoisotopic (exact) mass is 227 g/mol. The molecule has 0 aliphatic rings. The zero-order chi connectivity index (χ0) is 10.6. The van der Waals surface area contributed by atoms with Crippen LogP contribution in [0.4, 0.5) is 0 Å². The van der Waals surface area contributed by atoms with Gasteiger partial charge in [0, 0.05) is 21.7 Å². The second-order valence-corrected chi connectivity index (χ2v) is 4.75. The average Bonchev–Trinajstić information content (AvgIpc) is 2.14. The van der Waals surface area contributed by atoms with Crippen molar-refractivity contribution in [3.63, 3.8) is 0 Å². The number of thioether (sulfide) groups is 1. The summed E-state index contributed by atoms with van der Waals surface area (Å²) in [5.74, 6) is 0.843. The molecular weight excluding hydrogens is 214 g/mol. The van der Waals surface area contributed by atoms with E-state index in [2.05, 4.69) is 6.58 Å². The molecule has 1 unspecified atom stereocenters. The van der Waals surface area contributed by atoms with E-state index in [-0.39, 0.29) is 6.04 Å². The van der Waals surface area contributed by atoms with Crippen LogP contribution in [0.3, 0.4) is 0 Å². The van der Waals surface area contributed by atoms with Crippen LogP contribution in [0.2, 0.25) is 5.02 Å². The highest BCUT2D eigenvalue weighted by atomic mass is 35.5. The summed E-state index contributed by atoms with van der Waals surface area (Å²) in [6.45, 7) is 5.77. The van der Waals surface area contributed by atoms with Gasteiger partial charge in [-0.1, -0.05) is 29.8 Å². The first-order valence-corrected chi connectivity index (χ1v) is 5.75. The summed E-state index contributed by atoms with van der Waals surface area (Å²) in [6, 6.07) is 7.83. The van der Waals surface area contributed by atoms with E-state index in [1.807, 2.05) is 31.2 Å². The molecule has 0 heterocycles. The third-order valence-corrected chi connectivity index (χ3v) is 3.21. The van der Waals surface area contributed by atoms with Gasteiger partial charge in [-0.2, -0.15) is 0 Å². The predicted molar refractivity (Wildman–Crippen MR) is 65.0 cm³/mol. The van der Waals surface area contributed by atoms with Gasteiger partial charge in [-0.25, -0.2) is 0 Å². The Balaban J connectivity index is 2.49. The summed E-state index contributed by atoms with van der Waals surface area (Å²) < 4.78 is 0. The van der Waals surface area contributed by atoms with Crippen molar-refractivity contribution in [2.24, 2.45) is 5.73 Å². The number of benzene rings is 1. The lowest BCUT2D eigenvalue weighted by molar-refractivity contribution is 0.878. The lowest BCUT2D eigenvalue weighted by Gasteiger charge is -2.10. The van der Waals surface area contributed by atoms with Crippen molar-refractivity contribution in [3.8, 4) is 0 Å². The molecule has 0 amide bonds. The van der Waals surface area contributed by atoms with Crippen molar-refractivity contribution < 1.29 is 0 Å². The lowest BCUT2D eigenvalue weighted by Crippen LogP contribution is -2.23. The van der Waals surface area contributed by atoms with Crippen LogP contribution in [-0.2, 0) is 0 Å². The fourth-order valence-corrected chi connectivity index (χ4v) is 2.18. The van der Waals surface area contributed by atoms with Crippen LogP contribution in [0.25, 0.3) is 0 Å². The Morgan fingerprint density at radius 2 is 2.36 bits per heavy atom. The maximum absolute atomic E-state index is 5.86. The van der Waals surface area contributed by atoms with E-state index in [1.165, 1.54) is 0 Å². The maximum Gasteiger partial charge on any atom is 0.0417 e. The minimum absolute atomic E-state index is 0.0546. The normalized spacial score (nSPS) is 12.5. The van der Waals surface area contributed by atoms with Gasteiger partial charge in [-0.15, -0.1) is 11.8 Å². The molecule has 0 aliphatic heterocycles. The molecule has 0 saturated carbocycles. The van der Waals surface area contributed by atoms with Crippen LogP contribution >= 0.6 is 23.4 Å². The predicted octanol–water partition coefficient (Wildman–Crippen LogP) is 3.34. The minimum atomic E-state index is 0.0546. The smallest absolute Gasteiger partial charge is 0.0417 e. The van der Waals surface area contributed by atoms with E-state index in [0.717, 1.165) is 21.2 Å². The van der Waals surface area contributed by atoms with E-state index >= 15 is 0 Å². The zero-order valence-corrected chi connectivity index (χ0v) is 9.74. The molecule has 1 nitrogen and oxygen atoms in total. The van der Waals surface area contributed by atoms with Gasteiger partial charge in [0.05, 0.1) is 0 Å². The molecule has 1 aromatic rings. The Morgan fingerprint density at radius 1 is 1.64 bits per heavy atom. The molecule has 2 N–H and O–H groups in total. The number of halogens is 1. The molecule has 1 aromatic carbocycles. The molecule has 0 fully saturated rings. The molecular formula is C11H14ClNS. The Labute approximate surface area is 94.3 Å². The fraction of sp³-hybridized carbons (Fsp3) is 0.273. The van der Waals surface area contributed by atoms with E-state index in [1.54, 1.807) is 11.8 Å². The summed E-state index contributed by atoms with van der Waals surface area (Å²) in [6.07, 6.45) is 0. The van der Waals surface area contributed by atoms with Gasteiger partial charge in [-0.3, -0.25) is 0 Å². The topological polar surface area (TPSA) is 26.0 Å². The van der Waals surface area contributed by atoms with Gasteiger partial charge in [0.25, 0.3) is 0 Å². The van der Waals surface area contributed by atoms with Gasteiger partial charge >= 0.3 is 0 Å². The molecule has 0 radical (unpaired) electrons. The maximum atomic E-state index is 5.86. The summed E-state index contributed by atoms with van der Waals surface area (Å²) >= 11 is 7.56. The highest BCUT2D eigenvalue weighted by Crippen LogP contribution is 2.22. The Kier molecular flexibility index (Phi) is 4.52. The molecule has 1 atom stereocenters.